The summed E-state index contributed by atoms with van der Waals surface area (Å²) in [4.78, 5) is 0. The van der Waals surface area contributed by atoms with Crippen molar-refractivity contribution in [1.29, 1.82) is 0 Å². The molecule has 86 valence electrons. The molecular weight excluding hydrogens is 203 g/mol. The van der Waals surface area contributed by atoms with Gasteiger partial charge in [0.15, 0.2) is 0 Å². The first-order valence-electron chi connectivity index (χ1n) is 6.08. The Kier molecular flexibility index (Phi) is 2.56. The van der Waals surface area contributed by atoms with Crippen LogP contribution in [0.5, 0.6) is 0 Å². The Balaban J connectivity index is 1.67. The minimum Gasteiger partial charge on any atom is -0.382 e. The summed E-state index contributed by atoms with van der Waals surface area (Å²) in [6, 6.07) is 8.59. The Morgan fingerprint density at radius 1 is 1.19 bits per heavy atom. The Labute approximate surface area is 95.2 Å². The average Bonchev–Trinajstić information content (AvgIpc) is 2.58. The summed E-state index contributed by atoms with van der Waals surface area (Å²) >= 11 is 0. The smallest absolute Gasteiger partial charge is 0.125 e. The second-order valence-electron chi connectivity index (χ2n) is 4.96. The minimum absolute atomic E-state index is 0.165. The fourth-order valence-electron chi connectivity index (χ4n) is 2.99. The summed E-state index contributed by atoms with van der Waals surface area (Å²) in [7, 11) is 0. The van der Waals surface area contributed by atoms with Crippen LogP contribution in [0.15, 0.2) is 24.3 Å². The molecule has 2 unspecified atom stereocenters. The molecule has 0 aliphatic carbocycles. The Morgan fingerprint density at radius 2 is 1.94 bits per heavy atom. The third-order valence-electron chi connectivity index (χ3n) is 3.67. The molecule has 2 fully saturated rings. The first-order valence-corrected chi connectivity index (χ1v) is 6.08. The second kappa shape index (κ2) is 4.06. The summed E-state index contributed by atoms with van der Waals surface area (Å²) < 4.78 is 13.0. The number of halogens is 1. The monoisotopic (exact) mass is 220 g/mol. The zero-order chi connectivity index (χ0) is 11.0. The largest absolute Gasteiger partial charge is 0.382 e. The highest BCUT2D eigenvalue weighted by Crippen LogP contribution is 2.28. The lowest BCUT2D eigenvalue weighted by Gasteiger charge is -2.30. The summed E-state index contributed by atoms with van der Waals surface area (Å²) in [5.74, 6) is -0.165. The average molecular weight is 220 g/mol. The van der Waals surface area contributed by atoms with Crippen LogP contribution >= 0.6 is 0 Å². The van der Waals surface area contributed by atoms with Crippen molar-refractivity contribution >= 4 is 5.69 Å². The molecule has 2 bridgehead atoms. The highest BCUT2D eigenvalue weighted by atomic mass is 19.1. The zero-order valence-electron chi connectivity index (χ0n) is 9.25. The number of benzene rings is 1. The number of hydrogen-bond donors (Lipinski definition) is 2. The maximum Gasteiger partial charge on any atom is 0.125 e. The normalized spacial score (nSPS) is 32.7. The molecule has 1 aromatic carbocycles. The third-order valence-corrected chi connectivity index (χ3v) is 3.67. The predicted octanol–water partition coefficient (Wildman–Crippen LogP) is 2.52. The summed E-state index contributed by atoms with van der Waals surface area (Å²) in [6.45, 7) is 0. The molecule has 2 saturated heterocycles. The fraction of sp³-hybridized carbons (Fsp3) is 0.538. The van der Waals surface area contributed by atoms with E-state index in [-0.39, 0.29) is 5.82 Å². The van der Waals surface area contributed by atoms with Crippen LogP contribution in [-0.4, -0.2) is 18.1 Å². The van der Waals surface area contributed by atoms with E-state index in [9.17, 15) is 4.39 Å². The molecule has 3 rings (SSSR count). The van der Waals surface area contributed by atoms with E-state index in [0.29, 0.717) is 18.1 Å². The first kappa shape index (κ1) is 10.1. The van der Waals surface area contributed by atoms with Gasteiger partial charge in [-0.1, -0.05) is 6.07 Å². The van der Waals surface area contributed by atoms with Crippen molar-refractivity contribution in [3.8, 4) is 0 Å². The maximum absolute atomic E-state index is 13.0. The van der Waals surface area contributed by atoms with E-state index in [0.717, 1.165) is 18.5 Å². The number of rotatable bonds is 2. The molecule has 2 aliphatic heterocycles. The van der Waals surface area contributed by atoms with Crippen LogP contribution in [0.4, 0.5) is 10.1 Å². The van der Waals surface area contributed by atoms with Crippen LogP contribution in [0.2, 0.25) is 0 Å². The zero-order valence-corrected chi connectivity index (χ0v) is 9.25. The molecule has 3 heteroatoms. The van der Waals surface area contributed by atoms with Crippen molar-refractivity contribution in [3.05, 3.63) is 30.1 Å². The standard InChI is InChI=1S/C13H17FN2/c14-9-2-1-3-10(6-9)16-13-7-11-4-5-12(8-13)15-11/h1-3,6,11-13,15-16H,4-5,7-8H2. The third kappa shape index (κ3) is 2.05. The van der Waals surface area contributed by atoms with E-state index in [1.807, 2.05) is 6.07 Å². The van der Waals surface area contributed by atoms with Crippen LogP contribution in [0.1, 0.15) is 25.7 Å². The molecule has 0 saturated carbocycles. The van der Waals surface area contributed by atoms with Crippen molar-refractivity contribution in [2.24, 2.45) is 0 Å². The van der Waals surface area contributed by atoms with Gasteiger partial charge in [0, 0.05) is 23.8 Å². The quantitative estimate of drug-likeness (QED) is 0.800. The lowest BCUT2D eigenvalue weighted by molar-refractivity contribution is 0.378. The van der Waals surface area contributed by atoms with Crippen molar-refractivity contribution in [2.75, 3.05) is 5.32 Å². The molecule has 2 atom stereocenters. The van der Waals surface area contributed by atoms with E-state index in [2.05, 4.69) is 10.6 Å². The van der Waals surface area contributed by atoms with Crippen molar-refractivity contribution in [1.82, 2.24) is 5.32 Å². The number of anilines is 1. The van der Waals surface area contributed by atoms with Gasteiger partial charge in [-0.25, -0.2) is 4.39 Å². The van der Waals surface area contributed by atoms with Gasteiger partial charge in [-0.2, -0.15) is 0 Å². The Morgan fingerprint density at radius 3 is 2.62 bits per heavy atom. The van der Waals surface area contributed by atoms with Gasteiger partial charge in [0.2, 0.25) is 0 Å². The van der Waals surface area contributed by atoms with Gasteiger partial charge in [0.25, 0.3) is 0 Å². The summed E-state index contributed by atoms with van der Waals surface area (Å²) in [5.41, 5.74) is 0.909. The van der Waals surface area contributed by atoms with E-state index < -0.39 is 0 Å². The lowest BCUT2D eigenvalue weighted by Crippen LogP contribution is -2.43. The predicted molar refractivity (Wildman–Crippen MR) is 63.0 cm³/mol. The van der Waals surface area contributed by atoms with Gasteiger partial charge < -0.3 is 10.6 Å². The molecule has 2 heterocycles. The maximum atomic E-state index is 13.0. The molecular formula is C13H17FN2. The highest BCUT2D eigenvalue weighted by molar-refractivity contribution is 5.44. The van der Waals surface area contributed by atoms with Crippen LogP contribution in [0.3, 0.4) is 0 Å². The molecule has 16 heavy (non-hydrogen) atoms. The van der Waals surface area contributed by atoms with Crippen LogP contribution < -0.4 is 10.6 Å². The highest BCUT2D eigenvalue weighted by Gasteiger charge is 2.33. The van der Waals surface area contributed by atoms with E-state index in [4.69, 9.17) is 0 Å². The topological polar surface area (TPSA) is 24.1 Å². The van der Waals surface area contributed by atoms with Crippen molar-refractivity contribution in [2.45, 2.75) is 43.8 Å². The summed E-state index contributed by atoms with van der Waals surface area (Å²) in [6.07, 6.45) is 4.91. The van der Waals surface area contributed by atoms with E-state index in [1.54, 1.807) is 12.1 Å². The molecule has 0 amide bonds. The first-order chi connectivity index (χ1) is 7.79. The van der Waals surface area contributed by atoms with Gasteiger partial charge in [0.1, 0.15) is 5.82 Å². The summed E-state index contributed by atoms with van der Waals surface area (Å²) in [5, 5.41) is 7.05. The molecule has 1 aromatic rings. The molecule has 2 N–H and O–H groups in total. The molecule has 0 radical (unpaired) electrons. The molecule has 0 aromatic heterocycles. The molecule has 0 spiro atoms. The van der Waals surface area contributed by atoms with Gasteiger partial charge in [-0.3, -0.25) is 0 Å². The van der Waals surface area contributed by atoms with Gasteiger partial charge in [-0.15, -0.1) is 0 Å². The number of hydrogen-bond acceptors (Lipinski definition) is 2. The number of nitrogens with one attached hydrogen (secondary N) is 2. The number of piperidine rings is 1. The fourth-order valence-corrected chi connectivity index (χ4v) is 2.99. The van der Waals surface area contributed by atoms with Crippen molar-refractivity contribution in [3.63, 3.8) is 0 Å². The SMILES string of the molecule is Fc1cccc(NC2CC3CCC(C2)N3)c1. The van der Waals surface area contributed by atoms with Crippen LogP contribution in [0, 0.1) is 5.82 Å². The van der Waals surface area contributed by atoms with Gasteiger partial charge >= 0.3 is 0 Å². The Bertz CT molecular complexity index is 368. The second-order valence-corrected chi connectivity index (χ2v) is 4.96. The van der Waals surface area contributed by atoms with E-state index in [1.165, 1.54) is 18.9 Å². The molecule has 2 nitrogen and oxygen atoms in total. The Hall–Kier alpha value is -1.09. The number of fused-ring (bicyclic) bond motifs is 2. The van der Waals surface area contributed by atoms with Crippen molar-refractivity contribution < 1.29 is 4.39 Å². The molecule has 2 aliphatic rings. The van der Waals surface area contributed by atoms with Gasteiger partial charge in [-0.05, 0) is 43.9 Å². The van der Waals surface area contributed by atoms with Gasteiger partial charge in [0.05, 0.1) is 0 Å². The van der Waals surface area contributed by atoms with Crippen LogP contribution in [-0.2, 0) is 0 Å². The van der Waals surface area contributed by atoms with E-state index >= 15 is 0 Å². The lowest BCUT2D eigenvalue weighted by atomic mass is 9.99. The minimum atomic E-state index is -0.165. The van der Waals surface area contributed by atoms with Crippen LogP contribution in [0.25, 0.3) is 0 Å².